The van der Waals surface area contributed by atoms with Crippen LogP contribution in [0.25, 0.3) is 11.3 Å². The van der Waals surface area contributed by atoms with Gasteiger partial charge in [-0.05, 0) is 94.5 Å². The molecule has 0 spiro atoms. The fourth-order valence-corrected chi connectivity index (χ4v) is 7.69. The van der Waals surface area contributed by atoms with E-state index in [1.54, 1.807) is 16.2 Å². The predicted molar refractivity (Wildman–Crippen MR) is 172 cm³/mol. The van der Waals surface area contributed by atoms with Crippen molar-refractivity contribution in [3.63, 3.8) is 0 Å². The number of aromatic nitrogens is 1. The number of aryl methyl sites for hydroxylation is 1. The monoisotopic (exact) mass is 617 g/mol. The maximum Gasteiger partial charge on any atom is 0.410 e. The van der Waals surface area contributed by atoms with E-state index in [0.29, 0.717) is 38.1 Å². The highest BCUT2D eigenvalue weighted by atomic mass is 32.1. The fourth-order valence-electron chi connectivity index (χ4n) is 6.84. The number of benzene rings is 2. The molecular weight excluding hydrogens is 574 g/mol. The number of esters is 1. The van der Waals surface area contributed by atoms with Crippen molar-refractivity contribution in [2.24, 2.45) is 17.8 Å². The molecular formula is C35H43N3O5S. The van der Waals surface area contributed by atoms with Crippen LogP contribution in [0.3, 0.4) is 0 Å². The number of thiazole rings is 1. The zero-order valence-electron chi connectivity index (χ0n) is 26.4. The maximum absolute atomic E-state index is 12.6. The number of hydrogen-bond acceptors (Lipinski definition) is 8. The van der Waals surface area contributed by atoms with Crippen molar-refractivity contribution < 1.29 is 23.8 Å². The summed E-state index contributed by atoms with van der Waals surface area (Å²) in [7, 11) is 0. The molecule has 1 saturated carbocycles. The summed E-state index contributed by atoms with van der Waals surface area (Å²) >= 11 is 1.66. The van der Waals surface area contributed by atoms with Crippen LogP contribution in [-0.2, 0) is 33.8 Å². The molecule has 8 nitrogen and oxygen atoms in total. The zero-order valence-corrected chi connectivity index (χ0v) is 27.2. The lowest BCUT2D eigenvalue weighted by molar-refractivity contribution is -0.151. The Hall–Kier alpha value is -3.59. The molecule has 1 aromatic heterocycles. The first-order valence-corrected chi connectivity index (χ1v) is 16.7. The summed E-state index contributed by atoms with van der Waals surface area (Å²) in [6.45, 7) is 13.4. The average Bonchev–Trinajstić information content (AvgIpc) is 3.58. The number of piperidine rings is 1. The fraction of sp³-hybridized carbons (Fsp3) is 0.514. The third-order valence-corrected chi connectivity index (χ3v) is 9.80. The van der Waals surface area contributed by atoms with Crippen LogP contribution in [0.4, 0.5) is 9.93 Å². The first kappa shape index (κ1) is 30.4. The molecule has 1 unspecified atom stereocenters. The van der Waals surface area contributed by atoms with Crippen molar-refractivity contribution in [3.05, 3.63) is 64.0 Å². The van der Waals surface area contributed by atoms with Crippen LogP contribution >= 0.6 is 11.3 Å². The molecule has 9 heteroatoms. The third kappa shape index (κ3) is 6.58. The summed E-state index contributed by atoms with van der Waals surface area (Å²) in [4.78, 5) is 34.4. The number of nitrogens with zero attached hydrogens (tertiary/aromatic N) is 3. The quantitative estimate of drug-likeness (QED) is 0.264. The van der Waals surface area contributed by atoms with E-state index in [1.165, 1.54) is 5.56 Å². The van der Waals surface area contributed by atoms with Crippen LogP contribution in [0.2, 0.25) is 0 Å². The molecule has 1 aliphatic carbocycles. The second-order valence-corrected chi connectivity index (χ2v) is 14.2. The summed E-state index contributed by atoms with van der Waals surface area (Å²) in [6, 6.07) is 12.6. The number of fused-ring (bicyclic) bond motifs is 3. The number of carbonyl (C=O) groups is 2. The Labute approximate surface area is 264 Å². The lowest BCUT2D eigenvalue weighted by atomic mass is 9.85. The molecule has 2 fully saturated rings. The first-order valence-electron chi connectivity index (χ1n) is 15.8. The molecule has 2 bridgehead atoms. The summed E-state index contributed by atoms with van der Waals surface area (Å²) in [6.07, 6.45) is 2.67. The van der Waals surface area contributed by atoms with Gasteiger partial charge in [0.15, 0.2) is 5.13 Å². The Morgan fingerprint density at radius 2 is 1.82 bits per heavy atom. The predicted octanol–water partition coefficient (Wildman–Crippen LogP) is 7.02. The lowest BCUT2D eigenvalue weighted by Crippen LogP contribution is -2.45. The third-order valence-electron chi connectivity index (χ3n) is 8.90. The largest absolute Gasteiger partial charge is 0.488 e. The second kappa shape index (κ2) is 12.4. The van der Waals surface area contributed by atoms with E-state index in [-0.39, 0.29) is 18.0 Å². The van der Waals surface area contributed by atoms with Gasteiger partial charge in [-0.15, -0.1) is 11.3 Å². The lowest BCUT2D eigenvalue weighted by Gasteiger charge is -2.36. The van der Waals surface area contributed by atoms with Crippen molar-refractivity contribution >= 4 is 28.5 Å². The van der Waals surface area contributed by atoms with Gasteiger partial charge in [0.1, 0.15) is 18.0 Å². The SMILES string of the molecule is CCOC(=O)C1[C@@H]2CC[C@H]1CN(c1nc(-c3cc(C)ccc3OCc3ccc4c(c3)CCN(C(=O)OC(C)(C)C)C4)cs1)C2. The van der Waals surface area contributed by atoms with Gasteiger partial charge in [-0.1, -0.05) is 29.8 Å². The average molecular weight is 618 g/mol. The van der Waals surface area contributed by atoms with Gasteiger partial charge < -0.3 is 24.0 Å². The second-order valence-electron chi connectivity index (χ2n) is 13.3. The molecule has 3 heterocycles. The highest BCUT2D eigenvalue weighted by Crippen LogP contribution is 2.45. The minimum atomic E-state index is -0.504. The Morgan fingerprint density at radius 3 is 2.55 bits per heavy atom. The van der Waals surface area contributed by atoms with E-state index in [1.807, 2.05) is 33.8 Å². The Balaban J connectivity index is 1.12. The number of anilines is 1. The van der Waals surface area contributed by atoms with Gasteiger partial charge in [0.05, 0.1) is 18.2 Å². The van der Waals surface area contributed by atoms with Gasteiger partial charge >= 0.3 is 12.1 Å². The molecule has 3 aromatic rings. The van der Waals surface area contributed by atoms with Gasteiger partial charge in [0, 0.05) is 37.1 Å². The molecule has 6 rings (SSSR count). The van der Waals surface area contributed by atoms with Crippen molar-refractivity contribution in [1.82, 2.24) is 9.88 Å². The van der Waals surface area contributed by atoms with E-state index in [0.717, 1.165) is 71.2 Å². The van der Waals surface area contributed by atoms with Crippen LogP contribution in [0.1, 0.15) is 62.8 Å². The van der Waals surface area contributed by atoms with Crippen molar-refractivity contribution in [3.8, 4) is 17.0 Å². The van der Waals surface area contributed by atoms with Crippen molar-refractivity contribution in [1.29, 1.82) is 0 Å². The van der Waals surface area contributed by atoms with E-state index < -0.39 is 5.60 Å². The Morgan fingerprint density at radius 1 is 1.05 bits per heavy atom. The summed E-state index contributed by atoms with van der Waals surface area (Å²) in [5.41, 5.74) is 6.05. The minimum Gasteiger partial charge on any atom is -0.488 e. The number of hydrogen-bond donors (Lipinski definition) is 0. The smallest absolute Gasteiger partial charge is 0.410 e. The molecule has 1 saturated heterocycles. The summed E-state index contributed by atoms with van der Waals surface area (Å²) in [5.74, 6) is 1.46. The summed E-state index contributed by atoms with van der Waals surface area (Å²) < 4.78 is 17.4. The molecule has 3 atom stereocenters. The van der Waals surface area contributed by atoms with Crippen molar-refractivity contribution in [2.45, 2.75) is 72.6 Å². The van der Waals surface area contributed by atoms with Crippen LogP contribution in [0, 0.1) is 24.7 Å². The van der Waals surface area contributed by atoms with E-state index in [4.69, 9.17) is 19.2 Å². The molecule has 2 aromatic carbocycles. The van der Waals surface area contributed by atoms with Crippen molar-refractivity contribution in [2.75, 3.05) is 31.1 Å². The van der Waals surface area contributed by atoms with Crippen LogP contribution < -0.4 is 9.64 Å². The number of ether oxygens (including phenoxy) is 3. The highest BCUT2D eigenvalue weighted by molar-refractivity contribution is 7.14. The maximum atomic E-state index is 12.6. The van der Waals surface area contributed by atoms with Gasteiger partial charge in [-0.25, -0.2) is 9.78 Å². The normalized spacial score (nSPS) is 21.2. The molecule has 1 amide bonds. The van der Waals surface area contributed by atoms with E-state index in [9.17, 15) is 9.59 Å². The number of rotatable bonds is 7. The van der Waals surface area contributed by atoms with Crippen LogP contribution in [0.5, 0.6) is 5.75 Å². The molecule has 0 radical (unpaired) electrons. The minimum absolute atomic E-state index is 0.0231. The Bertz CT molecular complexity index is 1510. The zero-order chi connectivity index (χ0) is 31.0. The Kier molecular flexibility index (Phi) is 8.59. The van der Waals surface area contributed by atoms with Gasteiger partial charge in [0.25, 0.3) is 0 Å². The van der Waals surface area contributed by atoms with E-state index >= 15 is 0 Å². The molecule has 234 valence electrons. The van der Waals surface area contributed by atoms with Crippen LogP contribution in [0.15, 0.2) is 41.8 Å². The molecule has 44 heavy (non-hydrogen) atoms. The van der Waals surface area contributed by atoms with Gasteiger partial charge in [0.2, 0.25) is 0 Å². The van der Waals surface area contributed by atoms with Gasteiger partial charge in [-0.2, -0.15) is 0 Å². The topological polar surface area (TPSA) is 81.2 Å². The standard InChI is InChI=1S/C35H43N3O5S/c1-6-41-32(39)31-26-10-11-27(31)19-38(18-26)33-36-29(21-44-33)28-15-22(2)7-12-30(28)42-20-23-8-9-25-17-37(14-13-24(25)16-23)34(40)43-35(3,4)5/h7-9,12,15-16,21,26-27,31H,6,10-11,13-14,17-20H2,1-5H3/t26-,27+,31?. The number of carbonyl (C=O) groups excluding carboxylic acids is 2. The van der Waals surface area contributed by atoms with E-state index in [2.05, 4.69) is 47.5 Å². The molecule has 0 N–H and O–H groups in total. The first-order chi connectivity index (χ1) is 21.1. The molecule has 3 aliphatic rings. The number of amides is 1. The van der Waals surface area contributed by atoms with Gasteiger partial charge in [-0.3, -0.25) is 4.79 Å². The molecule has 2 aliphatic heterocycles. The van der Waals surface area contributed by atoms with Crippen LogP contribution in [-0.4, -0.2) is 53.8 Å². The summed E-state index contributed by atoms with van der Waals surface area (Å²) in [5, 5.41) is 3.12. The highest BCUT2D eigenvalue weighted by Gasteiger charge is 2.47.